The van der Waals surface area contributed by atoms with Crippen LogP contribution in [0.2, 0.25) is 0 Å². The maximum Gasteiger partial charge on any atom is 0.549 e. The quantitative estimate of drug-likeness (QED) is 0.387. The molecule has 0 amide bonds. The van der Waals surface area contributed by atoms with Gasteiger partial charge in [0.2, 0.25) is 0 Å². The molecule has 74 valence electrons. The fourth-order valence-electron chi connectivity index (χ4n) is 0.728. The first-order chi connectivity index (χ1) is 6.74. The van der Waals surface area contributed by atoms with Crippen molar-refractivity contribution in [1.29, 1.82) is 0 Å². The average Bonchev–Trinajstić information content (AvgIpc) is 2.26. The van der Waals surface area contributed by atoms with Crippen molar-refractivity contribution in [3.8, 4) is 0 Å². The summed E-state index contributed by atoms with van der Waals surface area (Å²) in [6.45, 7) is 0. The number of hydrogen-bond donors (Lipinski definition) is 0. The van der Waals surface area contributed by atoms with Gasteiger partial charge in [0.15, 0.2) is 0 Å². The van der Waals surface area contributed by atoms with E-state index in [4.69, 9.17) is 0 Å². The smallest absolute Gasteiger partial charge is 0.435 e. The van der Waals surface area contributed by atoms with Crippen molar-refractivity contribution in [1.82, 2.24) is 0 Å². The summed E-state index contributed by atoms with van der Waals surface area (Å²) in [5, 5.41) is 0. The molecule has 0 fully saturated rings. The minimum Gasteiger partial charge on any atom is -0.435 e. The first-order valence-electron chi connectivity index (χ1n) is 3.76. The van der Waals surface area contributed by atoms with Crippen molar-refractivity contribution < 1.29 is 24.1 Å². The molecule has 0 aliphatic heterocycles. The highest BCUT2D eigenvalue weighted by atomic mass is 17.2. The van der Waals surface area contributed by atoms with E-state index in [0.717, 1.165) is 7.11 Å². The van der Waals surface area contributed by atoms with Crippen LogP contribution in [0.25, 0.3) is 0 Å². The van der Waals surface area contributed by atoms with Gasteiger partial charge in [0.25, 0.3) is 0 Å². The van der Waals surface area contributed by atoms with Crippen LogP contribution < -0.4 is 0 Å². The van der Waals surface area contributed by atoms with Crippen molar-refractivity contribution in [3.63, 3.8) is 0 Å². The van der Waals surface area contributed by atoms with Crippen molar-refractivity contribution in [2.75, 3.05) is 7.11 Å². The Morgan fingerprint density at radius 3 is 2.29 bits per heavy atom. The van der Waals surface area contributed by atoms with E-state index in [2.05, 4.69) is 14.5 Å². The van der Waals surface area contributed by atoms with Gasteiger partial charge in [-0.25, -0.2) is 14.6 Å². The largest absolute Gasteiger partial charge is 0.549 e. The molecule has 5 heteroatoms. The summed E-state index contributed by atoms with van der Waals surface area (Å²) in [4.78, 5) is 29.7. The second kappa shape index (κ2) is 4.86. The number of carbonyl (C=O) groups is 2. The molecule has 0 aliphatic rings. The van der Waals surface area contributed by atoms with Crippen LogP contribution >= 0.6 is 0 Å². The zero-order valence-electron chi connectivity index (χ0n) is 7.43. The molecule has 1 aromatic rings. The molecule has 14 heavy (non-hydrogen) atoms. The van der Waals surface area contributed by atoms with Crippen LogP contribution in [-0.2, 0) is 14.5 Å². The molecule has 1 aromatic carbocycles. The van der Waals surface area contributed by atoms with E-state index in [-0.39, 0.29) is 5.56 Å². The lowest BCUT2D eigenvalue weighted by Gasteiger charge is -2.00. The number of rotatable bonds is 1. The van der Waals surface area contributed by atoms with Gasteiger partial charge in [-0.3, -0.25) is 0 Å². The molecule has 1 rings (SSSR count). The van der Waals surface area contributed by atoms with Gasteiger partial charge < -0.3 is 4.74 Å². The molecule has 0 N–H and O–H groups in total. The predicted octanol–water partition coefficient (Wildman–Crippen LogP) is 1.54. The Morgan fingerprint density at radius 1 is 1.07 bits per heavy atom. The van der Waals surface area contributed by atoms with Crippen LogP contribution in [0, 0.1) is 0 Å². The molecular formula is C9H8O5. The first kappa shape index (κ1) is 10.0. The number of ether oxygens (including phenoxy) is 1. The Hall–Kier alpha value is -2.04. The molecule has 5 nitrogen and oxygen atoms in total. The zero-order chi connectivity index (χ0) is 10.4. The predicted molar refractivity (Wildman–Crippen MR) is 45.3 cm³/mol. The molecule has 0 saturated carbocycles. The number of hydrogen-bond acceptors (Lipinski definition) is 5. The summed E-state index contributed by atoms with van der Waals surface area (Å²) in [5.41, 5.74) is 0.288. The van der Waals surface area contributed by atoms with Gasteiger partial charge in [-0.2, -0.15) is 4.79 Å². The lowest BCUT2D eigenvalue weighted by atomic mass is 10.2. The molecule has 0 heterocycles. The second-order valence-corrected chi connectivity index (χ2v) is 2.27. The topological polar surface area (TPSA) is 61.8 Å². The molecule has 0 atom stereocenters. The molecule has 0 unspecified atom stereocenters. The van der Waals surface area contributed by atoms with Crippen LogP contribution in [-0.4, -0.2) is 19.2 Å². The SMILES string of the molecule is COC(=O)OOC(=O)c1ccccc1. The monoisotopic (exact) mass is 196 g/mol. The zero-order valence-corrected chi connectivity index (χ0v) is 7.43. The maximum atomic E-state index is 11.1. The number of methoxy groups -OCH3 is 1. The van der Waals surface area contributed by atoms with Gasteiger partial charge in [-0.1, -0.05) is 18.2 Å². The Labute approximate surface area is 80.1 Å². The summed E-state index contributed by atoms with van der Waals surface area (Å²) >= 11 is 0. The molecule has 0 aromatic heterocycles. The fraction of sp³-hybridized carbons (Fsp3) is 0.111. The van der Waals surface area contributed by atoms with Gasteiger partial charge in [-0.05, 0) is 12.1 Å². The highest BCUT2D eigenvalue weighted by molar-refractivity contribution is 5.89. The third-order valence-corrected chi connectivity index (χ3v) is 1.36. The van der Waals surface area contributed by atoms with Crippen LogP contribution in [0.3, 0.4) is 0 Å². The molecular weight excluding hydrogens is 188 g/mol. The third-order valence-electron chi connectivity index (χ3n) is 1.36. The van der Waals surface area contributed by atoms with Crippen LogP contribution in [0.5, 0.6) is 0 Å². The average molecular weight is 196 g/mol. The Bertz CT molecular complexity index is 319. The molecule has 0 aliphatic carbocycles. The number of benzene rings is 1. The van der Waals surface area contributed by atoms with E-state index in [9.17, 15) is 9.59 Å². The minimum atomic E-state index is -1.07. The van der Waals surface area contributed by atoms with Crippen molar-refractivity contribution in [3.05, 3.63) is 35.9 Å². The van der Waals surface area contributed by atoms with Gasteiger partial charge in [0.05, 0.1) is 12.7 Å². The van der Waals surface area contributed by atoms with Crippen LogP contribution in [0.4, 0.5) is 4.79 Å². The molecule has 0 saturated heterocycles. The van der Waals surface area contributed by atoms with Crippen molar-refractivity contribution >= 4 is 12.1 Å². The summed E-state index contributed by atoms with van der Waals surface area (Å²) in [6.07, 6.45) is -1.07. The first-order valence-corrected chi connectivity index (χ1v) is 3.76. The van der Waals surface area contributed by atoms with Crippen LogP contribution in [0.15, 0.2) is 30.3 Å². The third kappa shape index (κ3) is 2.78. The molecule has 0 radical (unpaired) electrons. The van der Waals surface area contributed by atoms with E-state index in [1.165, 1.54) is 12.1 Å². The van der Waals surface area contributed by atoms with Gasteiger partial charge in [0.1, 0.15) is 0 Å². The maximum absolute atomic E-state index is 11.1. The minimum absolute atomic E-state index is 0.288. The van der Waals surface area contributed by atoms with E-state index in [0.29, 0.717) is 0 Å². The summed E-state index contributed by atoms with van der Waals surface area (Å²) in [7, 11) is 1.11. The van der Waals surface area contributed by atoms with E-state index in [1.807, 2.05) is 0 Å². The van der Waals surface area contributed by atoms with Gasteiger partial charge in [0, 0.05) is 0 Å². The molecule has 0 spiro atoms. The highest BCUT2D eigenvalue weighted by Gasteiger charge is 2.10. The summed E-state index contributed by atoms with van der Waals surface area (Å²) in [5.74, 6) is -0.754. The number of carbonyl (C=O) groups excluding carboxylic acids is 2. The lowest BCUT2D eigenvalue weighted by Crippen LogP contribution is -2.11. The lowest BCUT2D eigenvalue weighted by molar-refractivity contribution is -0.200. The fourth-order valence-corrected chi connectivity index (χ4v) is 0.728. The molecule has 0 bridgehead atoms. The van der Waals surface area contributed by atoms with E-state index in [1.54, 1.807) is 18.2 Å². The van der Waals surface area contributed by atoms with Crippen molar-refractivity contribution in [2.45, 2.75) is 0 Å². The Morgan fingerprint density at radius 2 is 1.71 bits per heavy atom. The Balaban J connectivity index is 2.48. The van der Waals surface area contributed by atoms with Crippen LogP contribution in [0.1, 0.15) is 10.4 Å². The van der Waals surface area contributed by atoms with Gasteiger partial charge >= 0.3 is 12.1 Å². The second-order valence-electron chi connectivity index (χ2n) is 2.27. The van der Waals surface area contributed by atoms with E-state index < -0.39 is 12.1 Å². The summed E-state index contributed by atoms with van der Waals surface area (Å²) in [6, 6.07) is 8.13. The summed E-state index contributed by atoms with van der Waals surface area (Å²) < 4.78 is 4.10. The highest BCUT2D eigenvalue weighted by Crippen LogP contribution is 2.01. The standard InChI is InChI=1S/C9H8O5/c1-12-9(11)14-13-8(10)7-5-3-2-4-6-7/h2-6H,1H3. The normalized spacial score (nSPS) is 8.93. The van der Waals surface area contributed by atoms with Crippen molar-refractivity contribution in [2.24, 2.45) is 0 Å². The van der Waals surface area contributed by atoms with E-state index >= 15 is 0 Å². The Kier molecular flexibility index (Phi) is 3.49. The van der Waals surface area contributed by atoms with Gasteiger partial charge in [-0.15, -0.1) is 0 Å².